The molecule has 0 N–H and O–H groups in total. The molecule has 1 saturated carbocycles. The van der Waals surface area contributed by atoms with Crippen LogP contribution < -0.4 is 42.4 Å². The van der Waals surface area contributed by atoms with E-state index in [1.807, 2.05) is 0 Å². The van der Waals surface area contributed by atoms with E-state index in [0.717, 1.165) is 12.0 Å². The molecule has 2 aromatic rings. The van der Waals surface area contributed by atoms with Crippen LogP contribution in [-0.2, 0) is 21.7 Å². The molecule has 1 unspecified atom stereocenters. The number of rotatable bonds is 4. The third-order valence-electron chi connectivity index (χ3n) is 6.27. The summed E-state index contributed by atoms with van der Waals surface area (Å²) in [5, 5.41) is 3.24. The van der Waals surface area contributed by atoms with Crippen molar-refractivity contribution in [3.8, 4) is 0 Å². The van der Waals surface area contributed by atoms with Crippen LogP contribution in [0.4, 0.5) is 0 Å². The molecule has 0 aromatic heterocycles. The quantitative estimate of drug-likeness (QED) is 0.314. The van der Waals surface area contributed by atoms with E-state index in [1.54, 1.807) is 10.4 Å². The summed E-state index contributed by atoms with van der Waals surface area (Å²) in [6.07, 6.45) is 14.2. The second-order valence-corrected chi connectivity index (χ2v) is 12.0. The predicted octanol–water partition coefficient (Wildman–Crippen LogP) is -2.93. The van der Waals surface area contributed by atoms with E-state index in [4.69, 9.17) is 0 Å². The first kappa shape index (κ1) is 28.7. The fourth-order valence-electron chi connectivity index (χ4n) is 4.86. The smallest absolute Gasteiger partial charge is 1.00 e. The zero-order chi connectivity index (χ0) is 17.1. The van der Waals surface area contributed by atoms with E-state index in [9.17, 15) is 0 Å². The molecule has 0 bridgehead atoms. The molecule has 2 aliphatic carbocycles. The fourth-order valence-corrected chi connectivity index (χ4v) is 9.81. The second kappa shape index (κ2) is 13.2. The Kier molecular flexibility index (Phi) is 13.1. The van der Waals surface area contributed by atoms with Gasteiger partial charge in [-0.25, -0.2) is 0 Å². The van der Waals surface area contributed by atoms with Crippen LogP contribution >= 0.6 is 0 Å². The summed E-state index contributed by atoms with van der Waals surface area (Å²) in [6, 6.07) is 22.3. The topological polar surface area (TPSA) is 0 Å². The predicted molar refractivity (Wildman–Crippen MR) is 110 cm³/mol. The molecule has 4 rings (SSSR count). The first-order valence-electron chi connectivity index (χ1n) is 9.73. The van der Waals surface area contributed by atoms with Crippen molar-refractivity contribution in [1.29, 1.82) is 0 Å². The van der Waals surface area contributed by atoms with E-state index in [1.165, 1.54) is 43.2 Å². The largest absolute Gasteiger partial charge is 4.00 e. The van der Waals surface area contributed by atoms with Gasteiger partial charge in [0.2, 0.25) is 0 Å². The number of hydrogen-bond acceptors (Lipinski definition) is 0. The minimum absolute atomic E-state index is 0. The van der Waals surface area contributed by atoms with Gasteiger partial charge in [0, 0.05) is 0 Å². The van der Waals surface area contributed by atoms with Gasteiger partial charge < -0.3 is 37.2 Å². The molecule has 0 heterocycles. The van der Waals surface area contributed by atoms with Crippen LogP contribution in [0, 0.1) is 6.08 Å². The van der Waals surface area contributed by atoms with Crippen LogP contribution in [0.2, 0.25) is 12.1 Å². The Hall–Kier alpha value is -0.279. The van der Waals surface area contributed by atoms with E-state index in [-0.39, 0.29) is 58.9 Å². The molecule has 1 fully saturated rings. The van der Waals surface area contributed by atoms with Crippen LogP contribution in [0.5, 0.6) is 0 Å². The van der Waals surface area contributed by atoms with Crippen LogP contribution in [0.15, 0.2) is 71.9 Å². The van der Waals surface area contributed by atoms with Crippen LogP contribution in [0.1, 0.15) is 44.1 Å². The summed E-state index contributed by atoms with van der Waals surface area (Å²) in [4.78, 5) is 0. The molecule has 0 spiro atoms. The molecule has 152 valence electrons. The molecule has 29 heavy (non-hydrogen) atoms. The van der Waals surface area contributed by atoms with Gasteiger partial charge in [0.1, 0.15) is 0 Å². The van der Waals surface area contributed by atoms with Crippen molar-refractivity contribution in [2.45, 2.75) is 50.6 Å². The van der Waals surface area contributed by atoms with Gasteiger partial charge in [-0.2, -0.15) is 16.8 Å². The minimum atomic E-state index is -1.78. The normalized spacial score (nSPS) is 17.8. The van der Waals surface area contributed by atoms with Gasteiger partial charge >= 0.3 is 21.7 Å². The van der Waals surface area contributed by atoms with Gasteiger partial charge in [0.05, 0.1) is 8.07 Å². The third kappa shape index (κ3) is 5.91. The van der Waals surface area contributed by atoms with Crippen LogP contribution in [-0.4, -0.2) is 8.07 Å². The maximum atomic E-state index is 3.70. The maximum Gasteiger partial charge on any atom is 4.00 e. The summed E-state index contributed by atoms with van der Waals surface area (Å²) < 4.78 is 0. The van der Waals surface area contributed by atoms with Gasteiger partial charge in [-0.15, -0.1) is 23.8 Å². The average molecular weight is 498 g/mol. The fraction of sp³-hybridized carbons (Fsp3) is 0.333. The van der Waals surface area contributed by atoms with Gasteiger partial charge in [-0.05, 0) is 5.54 Å². The second-order valence-electron chi connectivity index (χ2n) is 7.64. The molecule has 0 nitrogen and oxygen atoms in total. The number of allylic oxidation sites excluding steroid dienone is 4. The molecular formula is C24H27Cl3SiTi. The Morgan fingerprint density at radius 1 is 0.793 bits per heavy atom. The molecule has 0 amide bonds. The van der Waals surface area contributed by atoms with E-state index in [0.29, 0.717) is 0 Å². The van der Waals surface area contributed by atoms with E-state index >= 15 is 0 Å². The Morgan fingerprint density at radius 2 is 1.34 bits per heavy atom. The summed E-state index contributed by atoms with van der Waals surface area (Å²) in [6.45, 7) is 2.63. The molecule has 1 atom stereocenters. The molecule has 2 aromatic carbocycles. The Bertz CT molecular complexity index is 786. The monoisotopic (exact) mass is 496 g/mol. The molecule has 0 saturated heterocycles. The molecule has 2 aliphatic rings. The minimum Gasteiger partial charge on any atom is -1.00 e. The van der Waals surface area contributed by atoms with Crippen molar-refractivity contribution in [2.24, 2.45) is 0 Å². The maximum absolute atomic E-state index is 3.70. The van der Waals surface area contributed by atoms with Gasteiger partial charge in [0.15, 0.2) is 0 Å². The Morgan fingerprint density at radius 3 is 1.93 bits per heavy atom. The first-order chi connectivity index (χ1) is 12.3. The third-order valence-corrected chi connectivity index (χ3v) is 11.6. The molecular weight excluding hydrogens is 471 g/mol. The standard InChI is InChI=1S/C24H27Si.3ClH.Ti/c1-25(21-14-7-3-8-15-21,22-16-9-4-10-17-22)24-19-11-18-23(24)20-12-5-2-6-13-20;;;;/h2-3,5-8,12-15,19,22H,4,9-11,16-17H2,1H3;3*1H;/q-1;;;;+4/p-3. The van der Waals surface area contributed by atoms with Crippen LogP contribution in [0.25, 0.3) is 5.57 Å². The van der Waals surface area contributed by atoms with E-state index in [2.05, 4.69) is 79.4 Å². The Labute approximate surface area is 210 Å². The zero-order valence-electron chi connectivity index (χ0n) is 16.8. The van der Waals surface area contributed by atoms with Gasteiger partial charge in [-0.3, -0.25) is 0 Å². The summed E-state index contributed by atoms with van der Waals surface area (Å²) >= 11 is 0. The SMILES string of the molecule is C[Si](C1=CC[C-]=C1c1ccccc1)(c1ccccc1)C1CCCCC1.[Cl-].[Cl-].[Cl-].[Ti+4]. The number of benzene rings is 2. The van der Waals surface area contributed by atoms with Crippen molar-refractivity contribution < 1.29 is 58.9 Å². The van der Waals surface area contributed by atoms with Gasteiger partial charge in [0.25, 0.3) is 0 Å². The number of halogens is 3. The first-order valence-corrected chi connectivity index (χ1v) is 12.3. The molecule has 0 radical (unpaired) electrons. The summed E-state index contributed by atoms with van der Waals surface area (Å²) in [5.74, 6) is 0. The van der Waals surface area contributed by atoms with Gasteiger partial charge in [-0.1, -0.05) is 98.8 Å². The van der Waals surface area contributed by atoms with Crippen molar-refractivity contribution in [3.05, 3.63) is 83.6 Å². The summed E-state index contributed by atoms with van der Waals surface area (Å²) in [7, 11) is -1.78. The average Bonchev–Trinajstić information content (AvgIpc) is 3.20. The van der Waals surface area contributed by atoms with Crippen molar-refractivity contribution in [1.82, 2.24) is 0 Å². The van der Waals surface area contributed by atoms with Crippen molar-refractivity contribution >= 4 is 18.8 Å². The zero-order valence-corrected chi connectivity index (χ0v) is 21.6. The van der Waals surface area contributed by atoms with Crippen molar-refractivity contribution in [3.63, 3.8) is 0 Å². The molecule has 5 heteroatoms. The molecule has 0 aliphatic heterocycles. The summed E-state index contributed by atoms with van der Waals surface area (Å²) in [5.41, 5.74) is 3.59. The van der Waals surface area contributed by atoms with Crippen LogP contribution in [0.3, 0.4) is 0 Å². The van der Waals surface area contributed by atoms with Crippen molar-refractivity contribution in [2.75, 3.05) is 0 Å². The van der Waals surface area contributed by atoms with E-state index < -0.39 is 8.07 Å². The Balaban J connectivity index is 0.00000196. The number of hydrogen-bond donors (Lipinski definition) is 0.